The van der Waals surface area contributed by atoms with Crippen LogP contribution in [0.4, 0.5) is 0 Å². The van der Waals surface area contributed by atoms with Crippen LogP contribution in [0.5, 0.6) is 11.5 Å². The number of carbonyl (C=O) groups is 1. The normalized spacial score (nSPS) is 19.7. The molecule has 2 aromatic carbocycles. The van der Waals surface area contributed by atoms with Crippen LogP contribution in [0.3, 0.4) is 0 Å². The van der Waals surface area contributed by atoms with Gasteiger partial charge in [0.05, 0.1) is 25.3 Å². The van der Waals surface area contributed by atoms with Crippen LogP contribution in [-0.2, 0) is 20.5 Å². The van der Waals surface area contributed by atoms with Crippen molar-refractivity contribution in [3.8, 4) is 22.6 Å². The number of rotatable bonds is 5. The lowest BCUT2D eigenvalue weighted by atomic mass is 9.86. The molecular formula is C20H23N3O5S. The van der Waals surface area contributed by atoms with Crippen molar-refractivity contribution in [1.82, 2.24) is 4.90 Å². The SMILES string of the molecule is COc1cc(OS(C)(=O)=O)cc(-c2cccc([C@@]3(C)CC(=O)N(C)C(N)=N3)c2)c1. The van der Waals surface area contributed by atoms with Crippen molar-refractivity contribution in [2.45, 2.75) is 18.9 Å². The summed E-state index contributed by atoms with van der Waals surface area (Å²) in [4.78, 5) is 18.1. The lowest BCUT2D eigenvalue weighted by Gasteiger charge is -2.33. The molecule has 1 amide bonds. The van der Waals surface area contributed by atoms with E-state index in [1.54, 1.807) is 19.2 Å². The van der Waals surface area contributed by atoms with E-state index in [0.717, 1.165) is 17.4 Å². The van der Waals surface area contributed by atoms with Gasteiger partial charge in [-0.15, -0.1) is 0 Å². The Morgan fingerprint density at radius 2 is 1.83 bits per heavy atom. The van der Waals surface area contributed by atoms with Crippen LogP contribution in [0.15, 0.2) is 47.5 Å². The molecule has 1 heterocycles. The molecule has 0 saturated carbocycles. The Labute approximate surface area is 170 Å². The molecule has 29 heavy (non-hydrogen) atoms. The molecule has 0 saturated heterocycles. The molecular weight excluding hydrogens is 394 g/mol. The Morgan fingerprint density at radius 3 is 2.45 bits per heavy atom. The minimum Gasteiger partial charge on any atom is -0.497 e. The zero-order chi connectivity index (χ0) is 21.4. The lowest BCUT2D eigenvalue weighted by molar-refractivity contribution is -0.128. The summed E-state index contributed by atoms with van der Waals surface area (Å²) in [5, 5.41) is 0. The molecule has 0 aliphatic carbocycles. The number of benzene rings is 2. The van der Waals surface area contributed by atoms with E-state index in [2.05, 4.69) is 4.99 Å². The third-order valence-electron chi connectivity index (χ3n) is 4.76. The van der Waals surface area contributed by atoms with Gasteiger partial charge >= 0.3 is 10.1 Å². The van der Waals surface area contributed by atoms with Crippen molar-refractivity contribution in [3.05, 3.63) is 48.0 Å². The van der Waals surface area contributed by atoms with Gasteiger partial charge in [0, 0.05) is 13.1 Å². The van der Waals surface area contributed by atoms with Crippen molar-refractivity contribution in [2.24, 2.45) is 10.7 Å². The molecule has 0 bridgehead atoms. The van der Waals surface area contributed by atoms with E-state index in [1.165, 1.54) is 18.1 Å². The smallest absolute Gasteiger partial charge is 0.306 e. The van der Waals surface area contributed by atoms with Gasteiger partial charge in [-0.1, -0.05) is 18.2 Å². The van der Waals surface area contributed by atoms with Gasteiger partial charge in [-0.05, 0) is 41.8 Å². The standard InChI is InChI=1S/C20H23N3O5S/c1-20(12-18(24)23(2)19(21)22-20)15-7-5-6-13(8-15)14-9-16(27-3)11-17(10-14)28-29(4,25)26/h5-11H,12H2,1-4H3,(H2,21,22)/t20-/m1/s1. The lowest BCUT2D eigenvalue weighted by Crippen LogP contribution is -2.47. The monoisotopic (exact) mass is 417 g/mol. The second-order valence-corrected chi connectivity index (χ2v) is 8.71. The fourth-order valence-electron chi connectivity index (χ4n) is 3.19. The average molecular weight is 417 g/mol. The second kappa shape index (κ2) is 7.40. The van der Waals surface area contributed by atoms with Gasteiger partial charge < -0.3 is 14.7 Å². The zero-order valence-corrected chi connectivity index (χ0v) is 17.5. The van der Waals surface area contributed by atoms with Crippen LogP contribution in [0.25, 0.3) is 11.1 Å². The molecule has 0 spiro atoms. The molecule has 8 nitrogen and oxygen atoms in total. The summed E-state index contributed by atoms with van der Waals surface area (Å²) in [5.41, 5.74) is 7.42. The Hall–Kier alpha value is -3.07. The molecule has 3 rings (SSSR count). The molecule has 0 aromatic heterocycles. The van der Waals surface area contributed by atoms with Crippen molar-refractivity contribution >= 4 is 22.0 Å². The van der Waals surface area contributed by atoms with E-state index in [9.17, 15) is 13.2 Å². The Kier molecular flexibility index (Phi) is 5.27. The number of ether oxygens (including phenoxy) is 1. The molecule has 9 heteroatoms. The first-order valence-corrected chi connectivity index (χ1v) is 10.6. The first-order chi connectivity index (χ1) is 13.5. The number of nitrogens with two attached hydrogens (primary N) is 1. The Bertz CT molecular complexity index is 1100. The van der Waals surface area contributed by atoms with E-state index in [0.29, 0.717) is 11.3 Å². The topological polar surface area (TPSA) is 111 Å². The van der Waals surface area contributed by atoms with E-state index in [4.69, 9.17) is 14.7 Å². The summed E-state index contributed by atoms with van der Waals surface area (Å²) in [6, 6.07) is 12.4. The van der Waals surface area contributed by atoms with Crippen molar-refractivity contribution in [2.75, 3.05) is 20.4 Å². The molecule has 1 atom stereocenters. The van der Waals surface area contributed by atoms with Crippen LogP contribution >= 0.6 is 0 Å². The highest BCUT2D eigenvalue weighted by atomic mass is 32.2. The maximum atomic E-state index is 12.3. The van der Waals surface area contributed by atoms with Gasteiger partial charge in [0.15, 0.2) is 5.96 Å². The highest BCUT2D eigenvalue weighted by molar-refractivity contribution is 7.86. The summed E-state index contributed by atoms with van der Waals surface area (Å²) >= 11 is 0. The predicted octanol–water partition coefficient (Wildman–Crippen LogP) is 2.09. The highest BCUT2D eigenvalue weighted by Crippen LogP contribution is 2.36. The number of methoxy groups -OCH3 is 1. The van der Waals surface area contributed by atoms with E-state index >= 15 is 0 Å². The summed E-state index contributed by atoms with van der Waals surface area (Å²) in [6.07, 6.45) is 1.17. The van der Waals surface area contributed by atoms with Crippen LogP contribution in [0.2, 0.25) is 0 Å². The second-order valence-electron chi connectivity index (χ2n) is 7.14. The van der Waals surface area contributed by atoms with Gasteiger partial charge in [0.2, 0.25) is 5.91 Å². The quantitative estimate of drug-likeness (QED) is 0.746. The number of aliphatic imine (C=N–C) groups is 1. The van der Waals surface area contributed by atoms with Crippen molar-refractivity contribution < 1.29 is 22.1 Å². The van der Waals surface area contributed by atoms with Gasteiger partial charge in [0.1, 0.15) is 11.5 Å². The van der Waals surface area contributed by atoms with Gasteiger partial charge in [-0.25, -0.2) is 4.99 Å². The van der Waals surface area contributed by atoms with Crippen molar-refractivity contribution in [1.29, 1.82) is 0 Å². The zero-order valence-electron chi connectivity index (χ0n) is 16.7. The van der Waals surface area contributed by atoms with Crippen LogP contribution in [-0.4, -0.2) is 45.6 Å². The predicted molar refractivity (Wildman–Crippen MR) is 110 cm³/mol. The summed E-state index contributed by atoms with van der Waals surface area (Å²) in [7, 11) is -0.601. The number of hydrogen-bond acceptors (Lipinski definition) is 7. The summed E-state index contributed by atoms with van der Waals surface area (Å²) < 4.78 is 33.3. The van der Waals surface area contributed by atoms with Gasteiger partial charge in [-0.2, -0.15) is 8.42 Å². The number of guanidine groups is 1. The molecule has 2 N–H and O–H groups in total. The first kappa shape index (κ1) is 20.7. The van der Waals surface area contributed by atoms with Crippen LogP contribution < -0.4 is 14.7 Å². The fraction of sp³-hybridized carbons (Fsp3) is 0.300. The number of nitrogens with zero attached hydrogens (tertiary/aromatic N) is 2. The maximum absolute atomic E-state index is 12.3. The maximum Gasteiger partial charge on any atom is 0.306 e. The number of carbonyl (C=O) groups excluding carboxylic acids is 1. The number of hydrogen-bond donors (Lipinski definition) is 1. The average Bonchev–Trinajstić information content (AvgIpc) is 2.64. The van der Waals surface area contributed by atoms with Crippen LogP contribution in [0.1, 0.15) is 18.9 Å². The first-order valence-electron chi connectivity index (χ1n) is 8.82. The third-order valence-corrected chi connectivity index (χ3v) is 5.25. The minimum atomic E-state index is -3.68. The van der Waals surface area contributed by atoms with E-state index in [1.807, 2.05) is 31.2 Å². The summed E-state index contributed by atoms with van der Waals surface area (Å²) in [6.45, 7) is 1.85. The Morgan fingerprint density at radius 1 is 1.14 bits per heavy atom. The largest absolute Gasteiger partial charge is 0.497 e. The molecule has 0 radical (unpaired) electrons. The van der Waals surface area contributed by atoms with E-state index in [-0.39, 0.29) is 24.0 Å². The molecule has 0 fully saturated rings. The summed E-state index contributed by atoms with van der Waals surface area (Å²) in [5.74, 6) is 0.652. The van der Waals surface area contributed by atoms with E-state index < -0.39 is 15.7 Å². The molecule has 1 aliphatic heterocycles. The minimum absolute atomic E-state index is 0.115. The third kappa shape index (κ3) is 4.51. The molecule has 154 valence electrons. The molecule has 1 aliphatic rings. The number of amides is 1. The molecule has 0 unspecified atom stereocenters. The van der Waals surface area contributed by atoms with Gasteiger partial charge in [0.25, 0.3) is 0 Å². The highest BCUT2D eigenvalue weighted by Gasteiger charge is 2.36. The Balaban J connectivity index is 2.06. The fourth-order valence-corrected chi connectivity index (χ4v) is 3.63. The molecule has 2 aromatic rings. The van der Waals surface area contributed by atoms with Crippen molar-refractivity contribution in [3.63, 3.8) is 0 Å². The van der Waals surface area contributed by atoms with Gasteiger partial charge in [-0.3, -0.25) is 9.69 Å². The van der Waals surface area contributed by atoms with Crippen LogP contribution in [0, 0.1) is 0 Å².